The topological polar surface area (TPSA) is 87.9 Å². The highest BCUT2D eigenvalue weighted by Gasteiger charge is 2.16. The summed E-state index contributed by atoms with van der Waals surface area (Å²) < 4.78 is 1.90. The highest BCUT2D eigenvalue weighted by Crippen LogP contribution is 2.36. The summed E-state index contributed by atoms with van der Waals surface area (Å²) in [7, 11) is 1.91. The Labute approximate surface area is 138 Å². The van der Waals surface area contributed by atoms with E-state index < -0.39 is 0 Å². The van der Waals surface area contributed by atoms with Crippen molar-refractivity contribution in [3.05, 3.63) is 53.3 Å². The SMILES string of the molecule is Cn1ccc(-c2cc(-c3ccc(O)cc3Cl)c(C#N)c(N)n2)c1. The van der Waals surface area contributed by atoms with Gasteiger partial charge in [0.15, 0.2) is 0 Å². The number of phenols is 1. The highest BCUT2D eigenvalue weighted by molar-refractivity contribution is 6.33. The first-order valence-corrected chi connectivity index (χ1v) is 7.19. The van der Waals surface area contributed by atoms with E-state index in [9.17, 15) is 10.4 Å². The summed E-state index contributed by atoms with van der Waals surface area (Å²) in [5.41, 5.74) is 8.97. The van der Waals surface area contributed by atoms with Gasteiger partial charge in [0.25, 0.3) is 0 Å². The second kappa shape index (κ2) is 5.67. The smallest absolute Gasteiger partial charge is 0.142 e. The van der Waals surface area contributed by atoms with E-state index in [2.05, 4.69) is 11.1 Å². The summed E-state index contributed by atoms with van der Waals surface area (Å²) in [6, 6.07) is 10.4. The summed E-state index contributed by atoms with van der Waals surface area (Å²) in [4.78, 5) is 4.31. The molecule has 0 atom stereocenters. The molecule has 0 unspecified atom stereocenters. The first-order chi connectivity index (χ1) is 11.0. The van der Waals surface area contributed by atoms with E-state index in [4.69, 9.17) is 17.3 Å². The van der Waals surface area contributed by atoms with Crippen LogP contribution in [0.5, 0.6) is 5.75 Å². The van der Waals surface area contributed by atoms with Crippen LogP contribution in [0, 0.1) is 11.3 Å². The molecule has 23 heavy (non-hydrogen) atoms. The lowest BCUT2D eigenvalue weighted by Gasteiger charge is -2.11. The van der Waals surface area contributed by atoms with Crippen LogP contribution >= 0.6 is 11.6 Å². The third kappa shape index (κ3) is 2.72. The normalized spacial score (nSPS) is 10.5. The predicted molar refractivity (Wildman–Crippen MR) is 89.9 cm³/mol. The molecule has 0 spiro atoms. The number of aryl methyl sites for hydroxylation is 1. The van der Waals surface area contributed by atoms with Crippen LogP contribution in [0.25, 0.3) is 22.4 Å². The fourth-order valence-electron chi connectivity index (χ4n) is 2.42. The number of rotatable bonds is 2. The maximum Gasteiger partial charge on any atom is 0.142 e. The van der Waals surface area contributed by atoms with Crippen molar-refractivity contribution in [2.45, 2.75) is 0 Å². The Balaban J connectivity index is 2.26. The number of hydrogen-bond acceptors (Lipinski definition) is 4. The Morgan fingerprint density at radius 3 is 2.65 bits per heavy atom. The molecule has 0 fully saturated rings. The first kappa shape index (κ1) is 14.9. The Morgan fingerprint density at radius 2 is 2.04 bits per heavy atom. The average molecular weight is 325 g/mol. The van der Waals surface area contributed by atoms with Crippen LogP contribution in [0.2, 0.25) is 5.02 Å². The highest BCUT2D eigenvalue weighted by atomic mass is 35.5. The summed E-state index contributed by atoms with van der Waals surface area (Å²) in [5, 5.41) is 19.3. The Kier molecular flexibility index (Phi) is 3.68. The largest absolute Gasteiger partial charge is 0.508 e. The molecule has 0 saturated heterocycles. The monoisotopic (exact) mass is 324 g/mol. The van der Waals surface area contributed by atoms with Crippen LogP contribution in [0.3, 0.4) is 0 Å². The maximum atomic E-state index is 9.51. The molecule has 1 aromatic carbocycles. The number of pyridine rings is 1. The number of nitrogens with two attached hydrogens (primary N) is 1. The number of anilines is 1. The molecule has 0 radical (unpaired) electrons. The molecule has 0 saturated carbocycles. The molecule has 2 aromatic heterocycles. The van der Waals surface area contributed by atoms with Gasteiger partial charge in [0, 0.05) is 36.1 Å². The number of benzene rings is 1. The van der Waals surface area contributed by atoms with Crippen molar-refractivity contribution < 1.29 is 5.11 Å². The van der Waals surface area contributed by atoms with Gasteiger partial charge in [0.2, 0.25) is 0 Å². The van der Waals surface area contributed by atoms with Crippen molar-refractivity contribution in [2.24, 2.45) is 7.05 Å². The zero-order valence-corrected chi connectivity index (χ0v) is 13.0. The van der Waals surface area contributed by atoms with E-state index in [1.165, 1.54) is 12.1 Å². The molecule has 3 N–H and O–H groups in total. The number of halogens is 1. The van der Waals surface area contributed by atoms with E-state index in [1.807, 2.05) is 30.1 Å². The molecule has 6 heteroatoms. The van der Waals surface area contributed by atoms with Gasteiger partial charge in [-0.3, -0.25) is 0 Å². The number of aromatic hydroxyl groups is 1. The van der Waals surface area contributed by atoms with E-state index in [-0.39, 0.29) is 17.1 Å². The molecule has 3 aromatic rings. The zero-order chi connectivity index (χ0) is 16.6. The Bertz CT molecular complexity index is 940. The summed E-state index contributed by atoms with van der Waals surface area (Å²) in [5.74, 6) is 0.204. The second-order valence-corrected chi connectivity index (χ2v) is 5.56. The second-order valence-electron chi connectivity index (χ2n) is 5.16. The predicted octanol–water partition coefficient (Wildman–Crippen LogP) is 3.57. The minimum Gasteiger partial charge on any atom is -0.508 e. The molecule has 0 aliphatic rings. The Morgan fingerprint density at radius 1 is 1.26 bits per heavy atom. The van der Waals surface area contributed by atoms with Crippen molar-refractivity contribution in [3.8, 4) is 34.2 Å². The van der Waals surface area contributed by atoms with Crippen LogP contribution in [0.15, 0.2) is 42.7 Å². The van der Waals surface area contributed by atoms with Crippen LogP contribution in [-0.4, -0.2) is 14.7 Å². The molecule has 3 rings (SSSR count). The standard InChI is InChI=1S/C17H13ClN4O/c1-22-5-4-10(9-22)16-7-13(14(8-19)17(20)21-16)12-3-2-11(23)6-15(12)18/h2-7,9,23H,1H3,(H2,20,21). The van der Waals surface area contributed by atoms with Gasteiger partial charge in [-0.15, -0.1) is 0 Å². The van der Waals surface area contributed by atoms with Crippen molar-refractivity contribution >= 4 is 17.4 Å². The number of nitrogens with zero attached hydrogens (tertiary/aromatic N) is 3. The molecule has 0 aliphatic heterocycles. The van der Waals surface area contributed by atoms with Gasteiger partial charge in [-0.1, -0.05) is 11.6 Å². The lowest BCUT2D eigenvalue weighted by molar-refractivity contribution is 0.475. The first-order valence-electron chi connectivity index (χ1n) is 6.81. The van der Waals surface area contributed by atoms with Gasteiger partial charge in [0.05, 0.1) is 10.7 Å². The number of nitrogen functional groups attached to an aromatic ring is 1. The zero-order valence-electron chi connectivity index (χ0n) is 12.3. The van der Waals surface area contributed by atoms with Gasteiger partial charge in [-0.2, -0.15) is 5.26 Å². The molecule has 5 nitrogen and oxygen atoms in total. The Hall–Kier alpha value is -2.97. The van der Waals surface area contributed by atoms with Gasteiger partial charge in [-0.25, -0.2) is 4.98 Å². The lowest BCUT2D eigenvalue weighted by Crippen LogP contribution is -1.99. The van der Waals surface area contributed by atoms with Crippen LogP contribution in [0.4, 0.5) is 5.82 Å². The molecule has 2 heterocycles. The molecular formula is C17H13ClN4O. The van der Waals surface area contributed by atoms with E-state index in [0.29, 0.717) is 21.8 Å². The van der Waals surface area contributed by atoms with Gasteiger partial charge in [0.1, 0.15) is 23.2 Å². The van der Waals surface area contributed by atoms with E-state index in [1.54, 1.807) is 12.1 Å². The summed E-state index contributed by atoms with van der Waals surface area (Å²) in [6.07, 6.45) is 3.81. The fraction of sp³-hybridized carbons (Fsp3) is 0.0588. The molecule has 114 valence electrons. The number of phenolic OH excluding ortho intramolecular Hbond substituents is 1. The van der Waals surface area contributed by atoms with Crippen molar-refractivity contribution in [2.75, 3.05) is 5.73 Å². The number of aromatic nitrogens is 2. The van der Waals surface area contributed by atoms with Crippen molar-refractivity contribution in [1.82, 2.24) is 9.55 Å². The number of hydrogen-bond donors (Lipinski definition) is 2. The van der Waals surface area contributed by atoms with Crippen molar-refractivity contribution in [1.29, 1.82) is 5.26 Å². The van der Waals surface area contributed by atoms with Crippen LogP contribution in [-0.2, 0) is 7.05 Å². The number of nitriles is 1. The minimum absolute atomic E-state index is 0.0579. The summed E-state index contributed by atoms with van der Waals surface area (Å²) in [6.45, 7) is 0. The lowest BCUT2D eigenvalue weighted by atomic mass is 9.99. The molecule has 0 amide bonds. The average Bonchev–Trinajstić information content (AvgIpc) is 2.93. The molecule has 0 bridgehead atoms. The fourth-order valence-corrected chi connectivity index (χ4v) is 2.70. The van der Waals surface area contributed by atoms with E-state index >= 15 is 0 Å². The quantitative estimate of drug-likeness (QED) is 0.754. The van der Waals surface area contributed by atoms with Crippen LogP contribution in [0.1, 0.15) is 5.56 Å². The molecule has 0 aliphatic carbocycles. The third-order valence-electron chi connectivity index (χ3n) is 3.53. The molecular weight excluding hydrogens is 312 g/mol. The summed E-state index contributed by atoms with van der Waals surface area (Å²) >= 11 is 6.21. The van der Waals surface area contributed by atoms with Gasteiger partial charge < -0.3 is 15.4 Å². The maximum absolute atomic E-state index is 9.51. The third-order valence-corrected chi connectivity index (χ3v) is 3.84. The van der Waals surface area contributed by atoms with Crippen LogP contribution < -0.4 is 5.73 Å². The van der Waals surface area contributed by atoms with Gasteiger partial charge in [-0.05, 0) is 30.3 Å². The minimum atomic E-state index is 0.0579. The van der Waals surface area contributed by atoms with E-state index in [0.717, 1.165) is 5.56 Å². The van der Waals surface area contributed by atoms with Crippen molar-refractivity contribution in [3.63, 3.8) is 0 Å². The van der Waals surface area contributed by atoms with Gasteiger partial charge >= 0.3 is 0 Å².